The van der Waals surface area contributed by atoms with Crippen LogP contribution in [0.4, 0.5) is 0 Å². The van der Waals surface area contributed by atoms with Crippen molar-refractivity contribution in [3.8, 4) is 0 Å². The zero-order valence-corrected chi connectivity index (χ0v) is 16.2. The van der Waals surface area contributed by atoms with Crippen LogP contribution in [0.1, 0.15) is 38.7 Å². The molecule has 0 saturated heterocycles. The second kappa shape index (κ2) is 6.87. The van der Waals surface area contributed by atoms with Gasteiger partial charge in [-0.1, -0.05) is 0 Å². The monoisotopic (exact) mass is 403 g/mol. The molecule has 0 nitrogen and oxygen atoms in total. The average Bonchev–Trinajstić information content (AvgIpc) is 3.01. The molecule has 0 heterocycles. The zero-order valence-electron chi connectivity index (χ0n) is 12.2. The van der Waals surface area contributed by atoms with Gasteiger partial charge in [0.2, 0.25) is 0 Å². The molecule has 2 aliphatic carbocycles. The van der Waals surface area contributed by atoms with Crippen molar-refractivity contribution in [2.24, 2.45) is 0 Å². The van der Waals surface area contributed by atoms with E-state index in [0.717, 1.165) is 0 Å². The summed E-state index contributed by atoms with van der Waals surface area (Å²) < 4.78 is 0.634. The fourth-order valence-electron chi connectivity index (χ4n) is 3.51. The van der Waals surface area contributed by atoms with Crippen molar-refractivity contribution >= 4 is 11.6 Å². The molecule has 3 heteroatoms. The third-order valence-electron chi connectivity index (χ3n) is 4.53. The molecule has 0 aromatic heterocycles. The normalized spacial score (nSPS) is 21.0. The fraction of sp³-hybridized carbons (Fsp3) is 0.158. The Balaban J connectivity index is 0.000000882. The zero-order chi connectivity index (χ0) is 13.7. The first kappa shape index (κ1) is 17.7. The third-order valence-corrected chi connectivity index (χ3v) is 6.36. The van der Waals surface area contributed by atoms with E-state index in [4.69, 9.17) is 0 Å². The summed E-state index contributed by atoms with van der Waals surface area (Å²) in [5.41, 5.74) is 8.94. The van der Waals surface area contributed by atoms with E-state index in [1.165, 1.54) is 22.3 Å². The van der Waals surface area contributed by atoms with E-state index in [2.05, 4.69) is 67.6 Å². The van der Waals surface area contributed by atoms with Crippen LogP contribution in [0.2, 0.25) is 0 Å². The first-order chi connectivity index (χ1) is 9.77. The molecule has 0 saturated carbocycles. The van der Waals surface area contributed by atoms with Crippen molar-refractivity contribution < 1.29 is 49.5 Å². The average molecular weight is 405 g/mol. The number of hydrogen-bond donors (Lipinski definition) is 0. The van der Waals surface area contributed by atoms with Crippen LogP contribution in [0, 0.1) is 0 Å². The molecule has 0 N–H and O–H groups in total. The summed E-state index contributed by atoms with van der Waals surface area (Å²) >= 11 is 1.59. The Kier molecular flexibility index (Phi) is 5.54. The van der Waals surface area contributed by atoms with Gasteiger partial charge in [-0.25, -0.2) is 0 Å². The second-order valence-corrected chi connectivity index (χ2v) is 7.00. The van der Waals surface area contributed by atoms with E-state index in [0.29, 0.717) is 9.54 Å². The van der Waals surface area contributed by atoms with Crippen LogP contribution in [-0.4, -0.2) is 0 Å². The quantitative estimate of drug-likeness (QED) is 0.564. The molecule has 0 amide bonds. The summed E-state index contributed by atoms with van der Waals surface area (Å²) in [7, 11) is 0. The summed E-state index contributed by atoms with van der Waals surface area (Å²) in [6.07, 6.45) is 4.65. The van der Waals surface area contributed by atoms with Crippen molar-refractivity contribution in [3.05, 3.63) is 82.4 Å². The summed E-state index contributed by atoms with van der Waals surface area (Å²) in [6.45, 7) is 2.32. The van der Waals surface area contributed by atoms with Gasteiger partial charge >= 0.3 is 135 Å². The molecule has 0 spiro atoms. The Morgan fingerprint density at radius 3 is 2.27 bits per heavy atom. The minimum Gasteiger partial charge on any atom is -1.00 e. The molecule has 4 rings (SSSR count). The number of benzene rings is 2. The first-order valence-electron chi connectivity index (χ1n) is 7.05. The minimum atomic E-state index is 0. The Morgan fingerprint density at radius 2 is 1.50 bits per heavy atom. The van der Waals surface area contributed by atoms with Gasteiger partial charge in [0.15, 0.2) is 0 Å². The molecule has 0 bridgehead atoms. The summed E-state index contributed by atoms with van der Waals surface area (Å²) in [5, 5.41) is 0. The molecule has 0 radical (unpaired) electrons. The van der Waals surface area contributed by atoms with E-state index in [1.807, 2.05) is 0 Å². The molecular formula is C19H15Cl2Zr. The maximum absolute atomic E-state index is 2.37. The Bertz CT molecular complexity index is 762. The van der Waals surface area contributed by atoms with Crippen molar-refractivity contribution in [1.82, 2.24) is 0 Å². The van der Waals surface area contributed by atoms with Crippen LogP contribution >= 0.6 is 0 Å². The number of halogens is 2. The summed E-state index contributed by atoms with van der Waals surface area (Å²) in [4.78, 5) is 0. The second-order valence-electron chi connectivity index (χ2n) is 5.58. The molecule has 0 aliphatic heterocycles. The van der Waals surface area contributed by atoms with Crippen LogP contribution in [0.3, 0.4) is 0 Å². The Labute approximate surface area is 159 Å². The maximum Gasteiger partial charge on any atom is -1.00 e. The topological polar surface area (TPSA) is 0 Å². The molecule has 2 atom stereocenters. The SMILES string of the molecule is CC1=C(C2C=Cc3ccccc32)c2ccccc2[CH]1[Zr+2].[Cl-].[Cl-]. The van der Waals surface area contributed by atoms with Gasteiger partial charge in [-0.2, -0.15) is 0 Å². The fourth-order valence-corrected chi connectivity index (χ4v) is 4.51. The van der Waals surface area contributed by atoms with Crippen LogP contribution in [0.25, 0.3) is 11.6 Å². The van der Waals surface area contributed by atoms with Gasteiger partial charge in [0.05, 0.1) is 0 Å². The van der Waals surface area contributed by atoms with E-state index in [1.54, 1.807) is 35.9 Å². The molecule has 2 aromatic rings. The number of hydrogen-bond acceptors (Lipinski definition) is 0. The predicted molar refractivity (Wildman–Crippen MR) is 80.0 cm³/mol. The van der Waals surface area contributed by atoms with Gasteiger partial charge in [-0.15, -0.1) is 0 Å². The summed E-state index contributed by atoms with van der Waals surface area (Å²) in [6, 6.07) is 17.7. The number of rotatable bonds is 1. The van der Waals surface area contributed by atoms with Crippen molar-refractivity contribution in [2.75, 3.05) is 0 Å². The molecule has 0 fully saturated rings. The van der Waals surface area contributed by atoms with E-state index in [-0.39, 0.29) is 24.8 Å². The van der Waals surface area contributed by atoms with Gasteiger partial charge < -0.3 is 24.8 Å². The Morgan fingerprint density at radius 1 is 0.864 bits per heavy atom. The minimum absolute atomic E-state index is 0. The molecule has 109 valence electrons. The van der Waals surface area contributed by atoms with Crippen LogP contribution in [0.5, 0.6) is 0 Å². The van der Waals surface area contributed by atoms with Gasteiger partial charge in [0, 0.05) is 0 Å². The van der Waals surface area contributed by atoms with Gasteiger partial charge in [0.25, 0.3) is 0 Å². The van der Waals surface area contributed by atoms with E-state index in [9.17, 15) is 0 Å². The van der Waals surface area contributed by atoms with Crippen LogP contribution < -0.4 is 24.8 Å². The standard InChI is InChI=1S/C19H15.2ClH.Zr/c1-13-12-15-7-3-5-9-17(15)19(13)18-11-10-14-6-2-4-8-16(14)18;;;/h2-12,18H,1H3;2*1H;/q;;;+2/p-2. The molecule has 22 heavy (non-hydrogen) atoms. The van der Waals surface area contributed by atoms with E-state index >= 15 is 0 Å². The van der Waals surface area contributed by atoms with Crippen LogP contribution in [-0.2, 0) is 24.7 Å². The van der Waals surface area contributed by atoms with E-state index < -0.39 is 0 Å². The van der Waals surface area contributed by atoms with Crippen molar-refractivity contribution in [1.29, 1.82) is 0 Å². The van der Waals surface area contributed by atoms with Gasteiger partial charge in [-0.3, -0.25) is 0 Å². The van der Waals surface area contributed by atoms with Gasteiger partial charge in [-0.05, 0) is 0 Å². The van der Waals surface area contributed by atoms with Crippen molar-refractivity contribution in [3.63, 3.8) is 0 Å². The molecular weight excluding hydrogens is 390 g/mol. The van der Waals surface area contributed by atoms with Gasteiger partial charge in [0.1, 0.15) is 0 Å². The largest absolute Gasteiger partial charge is 1.00 e. The number of allylic oxidation sites excluding steroid dienone is 3. The van der Waals surface area contributed by atoms with Crippen molar-refractivity contribution in [2.45, 2.75) is 16.5 Å². The maximum atomic E-state index is 2.37. The van der Waals surface area contributed by atoms with Crippen LogP contribution in [0.15, 0.2) is 60.2 Å². The molecule has 2 unspecified atom stereocenters. The molecule has 2 aliphatic rings. The first-order valence-corrected chi connectivity index (χ1v) is 8.47. The third kappa shape index (κ3) is 2.58. The number of fused-ring (bicyclic) bond motifs is 2. The summed E-state index contributed by atoms with van der Waals surface area (Å²) in [5.74, 6) is 0.442. The predicted octanol–water partition coefficient (Wildman–Crippen LogP) is -1.12. The molecule has 2 aromatic carbocycles. The Hall–Kier alpha value is -0.617. The smallest absolute Gasteiger partial charge is 1.00 e.